The van der Waals surface area contributed by atoms with Crippen LogP contribution in [-0.2, 0) is 0 Å². The highest BCUT2D eigenvalue weighted by Gasteiger charge is 1.79. The molecule has 0 aliphatic heterocycles. The summed E-state index contributed by atoms with van der Waals surface area (Å²) < 4.78 is 0. The fraction of sp³-hybridized carbons (Fsp3) is 0.500. The first kappa shape index (κ1) is 11.2. The van der Waals surface area contributed by atoms with Gasteiger partial charge in [0.1, 0.15) is 0 Å². The van der Waals surface area contributed by atoms with E-state index in [0.717, 1.165) is 6.42 Å². The molecule has 0 spiro atoms. The lowest BCUT2D eigenvalue weighted by Crippen LogP contribution is -1.69. The van der Waals surface area contributed by atoms with Gasteiger partial charge in [0.05, 0.1) is 0 Å². The van der Waals surface area contributed by atoms with Gasteiger partial charge in [-0.2, -0.15) is 0 Å². The quantitative estimate of drug-likeness (QED) is 0.389. The van der Waals surface area contributed by atoms with Crippen LogP contribution in [0.3, 0.4) is 0 Å². The predicted molar refractivity (Wildman–Crippen MR) is 57.2 cm³/mol. The Morgan fingerprint density at radius 1 is 0.917 bits per heavy atom. The third kappa shape index (κ3) is 9.22. The van der Waals surface area contributed by atoms with Crippen LogP contribution in [0.4, 0.5) is 0 Å². The minimum atomic E-state index is 1.14. The van der Waals surface area contributed by atoms with Gasteiger partial charge < -0.3 is 0 Å². The summed E-state index contributed by atoms with van der Waals surface area (Å²) >= 11 is 0. The molecule has 0 saturated heterocycles. The van der Waals surface area contributed by atoms with E-state index in [1.807, 2.05) is 6.08 Å². The summed E-state index contributed by atoms with van der Waals surface area (Å²) in [5.41, 5.74) is 0. The van der Waals surface area contributed by atoms with Crippen molar-refractivity contribution in [2.75, 3.05) is 0 Å². The molecule has 68 valence electrons. The zero-order valence-electron chi connectivity index (χ0n) is 8.13. The van der Waals surface area contributed by atoms with Gasteiger partial charge in [-0.25, -0.2) is 0 Å². The smallest absolute Gasteiger partial charge is 0.0316 e. The Labute approximate surface area is 76.7 Å². The first-order chi connectivity index (χ1) is 5.91. The molecule has 0 amide bonds. The van der Waals surface area contributed by atoms with Crippen molar-refractivity contribution in [2.45, 2.75) is 39.0 Å². The van der Waals surface area contributed by atoms with Crippen LogP contribution in [0.25, 0.3) is 0 Å². The van der Waals surface area contributed by atoms with Gasteiger partial charge in [-0.1, -0.05) is 30.4 Å². The van der Waals surface area contributed by atoms with E-state index >= 15 is 0 Å². The van der Waals surface area contributed by atoms with Gasteiger partial charge in [0.25, 0.3) is 0 Å². The molecule has 0 N–H and O–H groups in total. The molecular formula is C12H20. The SMILES string of the molecule is C=CCCCC=CCC/C=C/C. The molecule has 0 atom stereocenters. The summed E-state index contributed by atoms with van der Waals surface area (Å²) in [6, 6.07) is 0. The summed E-state index contributed by atoms with van der Waals surface area (Å²) in [5, 5.41) is 0. The largest absolute Gasteiger partial charge is 0.103 e. The van der Waals surface area contributed by atoms with Crippen molar-refractivity contribution in [1.82, 2.24) is 0 Å². The summed E-state index contributed by atoms with van der Waals surface area (Å²) in [6.45, 7) is 5.75. The second-order valence-corrected chi connectivity index (χ2v) is 2.84. The van der Waals surface area contributed by atoms with Gasteiger partial charge in [0.15, 0.2) is 0 Å². The highest BCUT2D eigenvalue weighted by molar-refractivity contribution is 4.86. The second-order valence-electron chi connectivity index (χ2n) is 2.84. The van der Waals surface area contributed by atoms with Crippen molar-refractivity contribution in [2.24, 2.45) is 0 Å². The van der Waals surface area contributed by atoms with Gasteiger partial charge in [-0.15, -0.1) is 6.58 Å². The van der Waals surface area contributed by atoms with Crippen LogP contribution in [0.5, 0.6) is 0 Å². The lowest BCUT2D eigenvalue weighted by atomic mass is 10.2. The highest BCUT2D eigenvalue weighted by atomic mass is 13.9. The van der Waals surface area contributed by atoms with Gasteiger partial charge in [-0.05, 0) is 39.0 Å². The Hall–Kier alpha value is -0.780. The maximum atomic E-state index is 3.69. The first-order valence-electron chi connectivity index (χ1n) is 4.79. The fourth-order valence-corrected chi connectivity index (χ4v) is 0.975. The molecule has 0 radical (unpaired) electrons. The van der Waals surface area contributed by atoms with E-state index in [1.165, 1.54) is 25.7 Å². The lowest BCUT2D eigenvalue weighted by Gasteiger charge is -1.89. The van der Waals surface area contributed by atoms with E-state index in [9.17, 15) is 0 Å². The molecule has 0 heteroatoms. The van der Waals surface area contributed by atoms with Crippen LogP contribution in [0.15, 0.2) is 37.0 Å². The lowest BCUT2D eigenvalue weighted by molar-refractivity contribution is 0.864. The number of allylic oxidation sites excluding steroid dienone is 5. The molecule has 0 saturated carbocycles. The standard InChI is InChI=1S/C12H20/c1-3-5-7-9-11-12-10-8-6-4-2/h3-4,6,11-12H,1,5,7-10H2,2H3/b6-4+,12-11?. The second kappa shape index (κ2) is 10.2. The maximum absolute atomic E-state index is 3.69. The normalized spacial score (nSPS) is 11.4. The summed E-state index contributed by atoms with van der Waals surface area (Å²) in [7, 11) is 0. The van der Waals surface area contributed by atoms with E-state index in [0.29, 0.717) is 0 Å². The van der Waals surface area contributed by atoms with E-state index in [2.05, 4.69) is 37.8 Å². The minimum absolute atomic E-state index is 1.14. The van der Waals surface area contributed by atoms with Gasteiger partial charge in [-0.3, -0.25) is 0 Å². The Bertz CT molecular complexity index is 140. The van der Waals surface area contributed by atoms with Crippen LogP contribution in [-0.4, -0.2) is 0 Å². The molecule has 0 nitrogen and oxygen atoms in total. The molecule has 0 unspecified atom stereocenters. The van der Waals surface area contributed by atoms with Crippen LogP contribution < -0.4 is 0 Å². The average molecular weight is 164 g/mol. The molecule has 0 aromatic rings. The zero-order chi connectivity index (χ0) is 9.07. The number of hydrogen-bond acceptors (Lipinski definition) is 0. The van der Waals surface area contributed by atoms with E-state index in [-0.39, 0.29) is 0 Å². The van der Waals surface area contributed by atoms with E-state index in [1.54, 1.807) is 0 Å². The number of rotatable bonds is 7. The highest BCUT2D eigenvalue weighted by Crippen LogP contribution is 1.99. The van der Waals surface area contributed by atoms with Crippen LogP contribution in [0.2, 0.25) is 0 Å². The van der Waals surface area contributed by atoms with Crippen LogP contribution in [0, 0.1) is 0 Å². The Kier molecular flexibility index (Phi) is 9.56. The third-order valence-corrected chi connectivity index (χ3v) is 1.68. The molecule has 0 bridgehead atoms. The van der Waals surface area contributed by atoms with Crippen molar-refractivity contribution < 1.29 is 0 Å². The molecule has 0 aliphatic rings. The molecular weight excluding hydrogens is 144 g/mol. The van der Waals surface area contributed by atoms with Crippen molar-refractivity contribution in [3.8, 4) is 0 Å². The summed E-state index contributed by atoms with van der Waals surface area (Å²) in [4.78, 5) is 0. The van der Waals surface area contributed by atoms with Crippen molar-refractivity contribution >= 4 is 0 Å². The van der Waals surface area contributed by atoms with Crippen LogP contribution in [0.1, 0.15) is 39.0 Å². The van der Waals surface area contributed by atoms with Gasteiger partial charge in [0.2, 0.25) is 0 Å². The van der Waals surface area contributed by atoms with Gasteiger partial charge in [0, 0.05) is 0 Å². The number of unbranched alkanes of at least 4 members (excludes halogenated alkanes) is 3. The average Bonchev–Trinajstić information content (AvgIpc) is 2.10. The Morgan fingerprint density at radius 3 is 2.25 bits per heavy atom. The van der Waals surface area contributed by atoms with E-state index in [4.69, 9.17) is 0 Å². The molecule has 0 fully saturated rings. The molecule has 0 aromatic carbocycles. The van der Waals surface area contributed by atoms with Gasteiger partial charge >= 0.3 is 0 Å². The summed E-state index contributed by atoms with van der Waals surface area (Å²) in [5.74, 6) is 0. The molecule has 12 heavy (non-hydrogen) atoms. The van der Waals surface area contributed by atoms with Crippen LogP contribution >= 0.6 is 0 Å². The predicted octanol–water partition coefficient (Wildman–Crippen LogP) is 4.26. The maximum Gasteiger partial charge on any atom is -0.0316 e. The number of hydrogen-bond donors (Lipinski definition) is 0. The minimum Gasteiger partial charge on any atom is -0.103 e. The third-order valence-electron chi connectivity index (χ3n) is 1.68. The van der Waals surface area contributed by atoms with Crippen molar-refractivity contribution in [1.29, 1.82) is 0 Å². The topological polar surface area (TPSA) is 0 Å². The monoisotopic (exact) mass is 164 g/mol. The Morgan fingerprint density at radius 2 is 1.58 bits per heavy atom. The molecule has 0 aliphatic carbocycles. The molecule has 0 aromatic heterocycles. The first-order valence-corrected chi connectivity index (χ1v) is 4.79. The molecule has 0 heterocycles. The molecule has 0 rings (SSSR count). The Balaban J connectivity index is 3.08. The fourth-order valence-electron chi connectivity index (χ4n) is 0.975. The summed E-state index contributed by atoms with van der Waals surface area (Å²) in [6.07, 6.45) is 16.8. The zero-order valence-corrected chi connectivity index (χ0v) is 8.13. The van der Waals surface area contributed by atoms with Crippen molar-refractivity contribution in [3.63, 3.8) is 0 Å². The van der Waals surface area contributed by atoms with E-state index < -0.39 is 0 Å². The van der Waals surface area contributed by atoms with Crippen molar-refractivity contribution in [3.05, 3.63) is 37.0 Å².